The van der Waals surface area contributed by atoms with Gasteiger partial charge >= 0.3 is 5.69 Å². The molecular formula is C10H11ClN4O3. The van der Waals surface area contributed by atoms with E-state index in [4.69, 9.17) is 11.6 Å². The first-order chi connectivity index (χ1) is 8.36. The molecule has 0 aromatic carbocycles. The topological polar surface area (TPSA) is 78.9 Å². The van der Waals surface area contributed by atoms with Crippen LogP contribution in [-0.2, 0) is 18.9 Å². The summed E-state index contributed by atoms with van der Waals surface area (Å²) in [5.74, 6) is 0. The Labute approximate surface area is 106 Å². The molecule has 2 heterocycles. The molecule has 0 saturated carbocycles. The van der Waals surface area contributed by atoms with Gasteiger partial charge in [-0.05, 0) is 18.5 Å². The highest BCUT2D eigenvalue weighted by Gasteiger charge is 2.20. The van der Waals surface area contributed by atoms with Gasteiger partial charge in [-0.1, -0.05) is 0 Å². The average molecular weight is 271 g/mol. The molecule has 2 aromatic rings. The largest absolute Gasteiger partial charge is 0.332 e. The Kier molecular flexibility index (Phi) is 2.86. The molecule has 0 saturated heterocycles. The van der Waals surface area contributed by atoms with Gasteiger partial charge in [0.15, 0.2) is 11.2 Å². The Hall–Kier alpha value is -1.89. The van der Waals surface area contributed by atoms with Gasteiger partial charge in [-0.15, -0.1) is 0 Å². The lowest BCUT2D eigenvalue weighted by molar-refractivity contribution is -0.114. The molecule has 8 heteroatoms. The van der Waals surface area contributed by atoms with Crippen molar-refractivity contribution < 1.29 is 4.79 Å². The fourth-order valence-electron chi connectivity index (χ4n) is 1.77. The Morgan fingerprint density at radius 3 is 2.50 bits per heavy atom. The van der Waals surface area contributed by atoms with Crippen molar-refractivity contribution in [1.82, 2.24) is 18.7 Å². The van der Waals surface area contributed by atoms with Gasteiger partial charge in [0.2, 0.25) is 5.24 Å². The van der Waals surface area contributed by atoms with E-state index >= 15 is 0 Å². The van der Waals surface area contributed by atoms with E-state index < -0.39 is 22.5 Å². The van der Waals surface area contributed by atoms with Gasteiger partial charge < -0.3 is 4.57 Å². The molecule has 0 aliphatic rings. The highest BCUT2D eigenvalue weighted by atomic mass is 35.5. The molecule has 7 nitrogen and oxygen atoms in total. The Morgan fingerprint density at radius 2 is 1.94 bits per heavy atom. The van der Waals surface area contributed by atoms with Crippen LogP contribution in [-0.4, -0.2) is 23.9 Å². The maximum atomic E-state index is 12.0. The molecule has 1 atom stereocenters. The monoisotopic (exact) mass is 270 g/mol. The third kappa shape index (κ3) is 1.59. The van der Waals surface area contributed by atoms with E-state index in [1.165, 1.54) is 29.6 Å². The van der Waals surface area contributed by atoms with Gasteiger partial charge in [0, 0.05) is 14.1 Å². The summed E-state index contributed by atoms with van der Waals surface area (Å²) in [6.07, 6.45) is 1.33. The molecule has 18 heavy (non-hydrogen) atoms. The third-order valence-electron chi connectivity index (χ3n) is 2.92. The van der Waals surface area contributed by atoms with Crippen molar-refractivity contribution in [3.05, 3.63) is 27.2 Å². The van der Waals surface area contributed by atoms with Gasteiger partial charge in [-0.3, -0.25) is 18.7 Å². The summed E-state index contributed by atoms with van der Waals surface area (Å²) < 4.78 is 3.58. The molecule has 0 spiro atoms. The number of halogens is 1. The molecule has 0 radical (unpaired) electrons. The van der Waals surface area contributed by atoms with E-state index in [0.29, 0.717) is 0 Å². The molecule has 0 bridgehead atoms. The van der Waals surface area contributed by atoms with Crippen molar-refractivity contribution in [3.63, 3.8) is 0 Å². The van der Waals surface area contributed by atoms with Crippen LogP contribution in [0, 0.1) is 0 Å². The number of rotatable bonds is 2. The molecule has 96 valence electrons. The van der Waals surface area contributed by atoms with E-state index in [1.807, 2.05) is 0 Å². The van der Waals surface area contributed by atoms with Crippen molar-refractivity contribution in [1.29, 1.82) is 0 Å². The first-order valence-corrected chi connectivity index (χ1v) is 5.56. The van der Waals surface area contributed by atoms with E-state index in [0.717, 1.165) is 4.57 Å². The number of hydrogen-bond acceptors (Lipinski definition) is 4. The van der Waals surface area contributed by atoms with Gasteiger partial charge in [0.05, 0.1) is 6.33 Å². The van der Waals surface area contributed by atoms with Crippen molar-refractivity contribution in [2.24, 2.45) is 14.1 Å². The maximum Gasteiger partial charge on any atom is 0.332 e. The second kappa shape index (κ2) is 4.09. The lowest BCUT2D eigenvalue weighted by atomic mass is 10.3. The highest BCUT2D eigenvalue weighted by molar-refractivity contribution is 6.64. The minimum absolute atomic E-state index is 0.182. The van der Waals surface area contributed by atoms with Crippen molar-refractivity contribution >= 4 is 28.0 Å². The Morgan fingerprint density at radius 1 is 1.33 bits per heavy atom. The Balaban J connectivity index is 2.95. The summed E-state index contributed by atoms with van der Waals surface area (Å²) in [4.78, 5) is 38.9. The number of carbonyl (C=O) groups is 1. The summed E-state index contributed by atoms with van der Waals surface area (Å²) in [6.45, 7) is 1.56. The normalized spacial score (nSPS) is 12.9. The second-order valence-corrected chi connectivity index (χ2v) is 4.38. The summed E-state index contributed by atoms with van der Waals surface area (Å²) >= 11 is 5.42. The summed E-state index contributed by atoms with van der Waals surface area (Å²) in [7, 11) is 2.88. The minimum atomic E-state index is -0.720. The van der Waals surface area contributed by atoms with E-state index in [2.05, 4.69) is 4.98 Å². The zero-order valence-corrected chi connectivity index (χ0v) is 10.8. The minimum Gasteiger partial charge on any atom is -0.313 e. The maximum absolute atomic E-state index is 12.0. The number of nitrogens with zero attached hydrogens (tertiary/aromatic N) is 4. The first-order valence-electron chi connectivity index (χ1n) is 5.18. The van der Waals surface area contributed by atoms with Crippen molar-refractivity contribution in [3.8, 4) is 0 Å². The summed E-state index contributed by atoms with van der Waals surface area (Å²) in [5.41, 5.74) is -0.563. The number of carbonyl (C=O) groups excluding carboxylic acids is 1. The van der Waals surface area contributed by atoms with Crippen LogP contribution in [0.5, 0.6) is 0 Å². The molecular weight excluding hydrogens is 260 g/mol. The fraction of sp³-hybridized carbons (Fsp3) is 0.400. The SMILES string of the molecule is CC(C(=O)Cl)n1cnc2c1c(=O)n(C)c(=O)n2C. The fourth-order valence-corrected chi connectivity index (χ4v) is 1.87. The smallest absolute Gasteiger partial charge is 0.313 e. The van der Waals surface area contributed by atoms with Crippen LogP contribution in [0.15, 0.2) is 15.9 Å². The molecule has 0 amide bonds. The standard InChI is InChI=1S/C10H11ClN4O3/c1-5(7(11)16)15-4-12-8-6(15)9(17)14(3)10(18)13(8)2/h4-5H,1-3H3. The predicted molar refractivity (Wildman–Crippen MR) is 65.8 cm³/mol. The first kappa shape index (κ1) is 12.6. The average Bonchev–Trinajstić information content (AvgIpc) is 2.77. The van der Waals surface area contributed by atoms with E-state index in [-0.39, 0.29) is 11.2 Å². The molecule has 1 unspecified atom stereocenters. The molecule has 0 fully saturated rings. The lowest BCUT2D eigenvalue weighted by Gasteiger charge is -2.09. The molecule has 2 rings (SSSR count). The molecule has 0 N–H and O–H groups in total. The van der Waals surface area contributed by atoms with Crippen LogP contribution in [0.1, 0.15) is 13.0 Å². The zero-order valence-electron chi connectivity index (χ0n) is 10.0. The molecule has 0 aliphatic heterocycles. The number of aromatic nitrogens is 4. The number of aryl methyl sites for hydroxylation is 1. The van der Waals surface area contributed by atoms with E-state index in [1.54, 1.807) is 6.92 Å². The van der Waals surface area contributed by atoms with Crippen LogP contribution < -0.4 is 11.2 Å². The van der Waals surface area contributed by atoms with Crippen LogP contribution in [0.3, 0.4) is 0 Å². The van der Waals surface area contributed by atoms with Crippen LogP contribution in [0.25, 0.3) is 11.2 Å². The summed E-state index contributed by atoms with van der Waals surface area (Å²) in [6, 6.07) is -0.720. The van der Waals surface area contributed by atoms with Crippen LogP contribution >= 0.6 is 11.6 Å². The molecule has 0 aliphatic carbocycles. The van der Waals surface area contributed by atoms with Crippen molar-refractivity contribution in [2.75, 3.05) is 0 Å². The zero-order chi connectivity index (χ0) is 13.6. The van der Waals surface area contributed by atoms with Gasteiger partial charge in [-0.25, -0.2) is 9.78 Å². The van der Waals surface area contributed by atoms with E-state index in [9.17, 15) is 14.4 Å². The van der Waals surface area contributed by atoms with Gasteiger partial charge in [0.1, 0.15) is 6.04 Å². The van der Waals surface area contributed by atoms with Crippen LogP contribution in [0.4, 0.5) is 0 Å². The molecule has 2 aromatic heterocycles. The predicted octanol–water partition coefficient (Wildman–Crippen LogP) is -0.240. The highest BCUT2D eigenvalue weighted by Crippen LogP contribution is 2.15. The quantitative estimate of drug-likeness (QED) is 0.706. The summed E-state index contributed by atoms with van der Waals surface area (Å²) in [5, 5.41) is -0.606. The van der Waals surface area contributed by atoms with Crippen LogP contribution in [0.2, 0.25) is 0 Å². The number of fused-ring (bicyclic) bond motifs is 1. The van der Waals surface area contributed by atoms with Gasteiger partial charge in [0.25, 0.3) is 5.56 Å². The second-order valence-electron chi connectivity index (χ2n) is 4.01. The number of imidazole rings is 1. The van der Waals surface area contributed by atoms with Crippen molar-refractivity contribution in [2.45, 2.75) is 13.0 Å². The third-order valence-corrected chi connectivity index (χ3v) is 3.23. The van der Waals surface area contributed by atoms with Gasteiger partial charge in [-0.2, -0.15) is 0 Å². The lowest BCUT2D eigenvalue weighted by Crippen LogP contribution is -2.37. The number of hydrogen-bond donors (Lipinski definition) is 0. The Bertz CT molecular complexity index is 755.